The fourth-order valence-corrected chi connectivity index (χ4v) is 2.74. The highest BCUT2D eigenvalue weighted by atomic mass is 79.9. The van der Waals surface area contributed by atoms with Crippen LogP contribution in [0.5, 0.6) is 0 Å². The van der Waals surface area contributed by atoms with Gasteiger partial charge >= 0.3 is 0 Å². The Labute approximate surface area is 126 Å². The maximum absolute atomic E-state index is 13.9. The predicted octanol–water partition coefficient (Wildman–Crippen LogP) is 5.05. The van der Waals surface area contributed by atoms with E-state index in [-0.39, 0.29) is 5.02 Å². The van der Waals surface area contributed by atoms with E-state index >= 15 is 0 Å². The molecular formula is C13H9Br2ClFN. The molecule has 0 fully saturated rings. The standard InChI is InChI=1S/C13H9Br2ClFN/c14-7-4-5-10(15)9(6-7)13(18)8-2-1-3-11(16)12(8)17/h1-6,13H,18H2. The van der Waals surface area contributed by atoms with Gasteiger partial charge in [0.25, 0.3) is 0 Å². The maximum Gasteiger partial charge on any atom is 0.146 e. The average Bonchev–Trinajstić information content (AvgIpc) is 2.35. The summed E-state index contributed by atoms with van der Waals surface area (Å²) in [6.07, 6.45) is 0. The second-order valence-corrected chi connectivity index (χ2v) is 5.96. The molecule has 1 nitrogen and oxygen atoms in total. The fourth-order valence-electron chi connectivity index (χ4n) is 1.68. The molecule has 1 unspecified atom stereocenters. The van der Waals surface area contributed by atoms with Gasteiger partial charge in [0.1, 0.15) is 5.82 Å². The lowest BCUT2D eigenvalue weighted by atomic mass is 9.99. The van der Waals surface area contributed by atoms with Gasteiger partial charge in [-0.1, -0.05) is 55.6 Å². The number of rotatable bonds is 2. The quantitative estimate of drug-likeness (QED) is 0.759. The summed E-state index contributed by atoms with van der Waals surface area (Å²) in [7, 11) is 0. The van der Waals surface area contributed by atoms with Crippen LogP contribution in [0.25, 0.3) is 0 Å². The molecule has 5 heteroatoms. The summed E-state index contributed by atoms with van der Waals surface area (Å²) in [6, 6.07) is 9.86. The van der Waals surface area contributed by atoms with Crippen LogP contribution in [0.2, 0.25) is 5.02 Å². The van der Waals surface area contributed by atoms with Gasteiger partial charge in [-0.25, -0.2) is 4.39 Å². The third-order valence-electron chi connectivity index (χ3n) is 2.61. The van der Waals surface area contributed by atoms with Crippen molar-refractivity contribution in [2.45, 2.75) is 6.04 Å². The first-order chi connectivity index (χ1) is 8.50. The SMILES string of the molecule is NC(c1cc(Br)ccc1Br)c1cccc(Cl)c1F. The second-order valence-electron chi connectivity index (χ2n) is 3.79. The summed E-state index contributed by atoms with van der Waals surface area (Å²) in [4.78, 5) is 0. The third kappa shape index (κ3) is 2.77. The number of benzene rings is 2. The number of nitrogens with two attached hydrogens (primary N) is 1. The molecule has 0 aromatic heterocycles. The molecule has 2 aromatic rings. The molecule has 2 rings (SSSR count). The molecule has 0 bridgehead atoms. The van der Waals surface area contributed by atoms with Gasteiger partial charge in [-0.3, -0.25) is 0 Å². The Kier molecular flexibility index (Phi) is 4.43. The molecule has 0 saturated carbocycles. The van der Waals surface area contributed by atoms with Crippen molar-refractivity contribution in [1.82, 2.24) is 0 Å². The van der Waals surface area contributed by atoms with E-state index in [9.17, 15) is 4.39 Å². The van der Waals surface area contributed by atoms with Crippen molar-refractivity contribution in [3.8, 4) is 0 Å². The molecule has 0 aliphatic carbocycles. The van der Waals surface area contributed by atoms with Crippen LogP contribution in [0, 0.1) is 5.82 Å². The molecule has 0 saturated heterocycles. The van der Waals surface area contributed by atoms with Gasteiger partial charge in [-0.05, 0) is 29.8 Å². The maximum atomic E-state index is 13.9. The van der Waals surface area contributed by atoms with Crippen molar-refractivity contribution in [2.24, 2.45) is 5.73 Å². The Balaban J connectivity index is 2.51. The molecule has 0 amide bonds. The van der Waals surface area contributed by atoms with E-state index in [2.05, 4.69) is 31.9 Å². The van der Waals surface area contributed by atoms with E-state index in [4.69, 9.17) is 17.3 Å². The lowest BCUT2D eigenvalue weighted by Crippen LogP contribution is -2.14. The Bertz CT molecular complexity index is 587. The Hall–Kier alpha value is -0.420. The van der Waals surface area contributed by atoms with E-state index in [1.165, 1.54) is 6.07 Å². The third-order valence-corrected chi connectivity index (χ3v) is 4.12. The Morgan fingerprint density at radius 3 is 2.56 bits per heavy atom. The molecule has 0 spiro atoms. The second kappa shape index (κ2) is 5.70. The monoisotopic (exact) mass is 391 g/mol. The Morgan fingerprint density at radius 1 is 1.11 bits per heavy atom. The topological polar surface area (TPSA) is 26.0 Å². The molecule has 0 heterocycles. The average molecular weight is 393 g/mol. The number of hydrogen-bond acceptors (Lipinski definition) is 1. The van der Waals surface area contributed by atoms with E-state index in [1.54, 1.807) is 12.1 Å². The highest BCUT2D eigenvalue weighted by Crippen LogP contribution is 2.32. The van der Waals surface area contributed by atoms with Crippen LogP contribution in [0.15, 0.2) is 45.3 Å². The van der Waals surface area contributed by atoms with Crippen LogP contribution < -0.4 is 5.73 Å². The molecule has 94 valence electrons. The van der Waals surface area contributed by atoms with Crippen LogP contribution >= 0.6 is 43.5 Å². The summed E-state index contributed by atoms with van der Waals surface area (Å²) < 4.78 is 15.6. The molecule has 0 aliphatic rings. The van der Waals surface area contributed by atoms with Crippen LogP contribution in [-0.4, -0.2) is 0 Å². The lowest BCUT2D eigenvalue weighted by Gasteiger charge is -2.16. The minimum atomic E-state index is -0.574. The fraction of sp³-hybridized carbons (Fsp3) is 0.0769. The summed E-state index contributed by atoms with van der Waals surface area (Å²) in [5.74, 6) is -0.474. The van der Waals surface area contributed by atoms with Gasteiger partial charge in [-0.2, -0.15) is 0 Å². The molecule has 2 N–H and O–H groups in total. The van der Waals surface area contributed by atoms with Crippen molar-refractivity contribution in [1.29, 1.82) is 0 Å². The predicted molar refractivity (Wildman–Crippen MR) is 79.3 cm³/mol. The minimum Gasteiger partial charge on any atom is -0.320 e. The highest BCUT2D eigenvalue weighted by Gasteiger charge is 2.17. The summed E-state index contributed by atoms with van der Waals surface area (Å²) >= 11 is 12.6. The molecule has 18 heavy (non-hydrogen) atoms. The summed E-state index contributed by atoms with van der Waals surface area (Å²) in [6.45, 7) is 0. The van der Waals surface area contributed by atoms with E-state index in [0.717, 1.165) is 14.5 Å². The first-order valence-electron chi connectivity index (χ1n) is 5.15. The summed E-state index contributed by atoms with van der Waals surface area (Å²) in [5.41, 5.74) is 7.28. The Morgan fingerprint density at radius 2 is 1.83 bits per heavy atom. The van der Waals surface area contributed by atoms with Crippen LogP contribution in [0.4, 0.5) is 4.39 Å². The van der Waals surface area contributed by atoms with E-state index in [1.807, 2.05) is 18.2 Å². The highest BCUT2D eigenvalue weighted by molar-refractivity contribution is 9.11. The van der Waals surface area contributed by atoms with Crippen molar-refractivity contribution in [3.05, 3.63) is 67.3 Å². The van der Waals surface area contributed by atoms with Crippen molar-refractivity contribution >= 4 is 43.5 Å². The van der Waals surface area contributed by atoms with Crippen molar-refractivity contribution in [3.63, 3.8) is 0 Å². The minimum absolute atomic E-state index is 0.0778. The van der Waals surface area contributed by atoms with Gasteiger partial charge in [-0.15, -0.1) is 0 Å². The number of halogens is 4. The van der Waals surface area contributed by atoms with Crippen LogP contribution in [0.1, 0.15) is 17.2 Å². The first-order valence-corrected chi connectivity index (χ1v) is 7.11. The number of hydrogen-bond donors (Lipinski definition) is 1. The van der Waals surface area contributed by atoms with Gasteiger partial charge in [0.2, 0.25) is 0 Å². The molecule has 1 atom stereocenters. The molecule has 2 aromatic carbocycles. The summed E-state index contributed by atoms with van der Waals surface area (Å²) in [5, 5.41) is 0.0778. The van der Waals surface area contributed by atoms with Crippen LogP contribution in [-0.2, 0) is 0 Å². The molecular weight excluding hydrogens is 384 g/mol. The zero-order valence-corrected chi connectivity index (χ0v) is 13.1. The van der Waals surface area contributed by atoms with Gasteiger partial charge < -0.3 is 5.73 Å². The molecule has 0 radical (unpaired) electrons. The van der Waals surface area contributed by atoms with Gasteiger partial charge in [0.15, 0.2) is 0 Å². The zero-order valence-electron chi connectivity index (χ0n) is 9.13. The van der Waals surface area contributed by atoms with E-state index < -0.39 is 11.9 Å². The largest absolute Gasteiger partial charge is 0.320 e. The van der Waals surface area contributed by atoms with Crippen molar-refractivity contribution < 1.29 is 4.39 Å². The van der Waals surface area contributed by atoms with E-state index in [0.29, 0.717) is 5.56 Å². The van der Waals surface area contributed by atoms with Gasteiger partial charge in [0.05, 0.1) is 11.1 Å². The first kappa shape index (κ1) is 14.0. The van der Waals surface area contributed by atoms with Crippen LogP contribution in [0.3, 0.4) is 0 Å². The molecule has 0 aliphatic heterocycles. The normalized spacial score (nSPS) is 12.5. The van der Waals surface area contributed by atoms with Crippen molar-refractivity contribution in [2.75, 3.05) is 0 Å². The van der Waals surface area contributed by atoms with Gasteiger partial charge in [0, 0.05) is 14.5 Å². The smallest absolute Gasteiger partial charge is 0.146 e. The zero-order chi connectivity index (χ0) is 13.3. The lowest BCUT2D eigenvalue weighted by molar-refractivity contribution is 0.600.